The maximum absolute atomic E-state index is 12.5. The Balaban J connectivity index is 1.23. The summed E-state index contributed by atoms with van der Waals surface area (Å²) in [6.07, 6.45) is 9.99. The predicted octanol–water partition coefficient (Wildman–Crippen LogP) is 2.96. The summed E-state index contributed by atoms with van der Waals surface area (Å²) < 4.78 is 39.7. The zero-order valence-electron chi connectivity index (χ0n) is 20.5. The van der Waals surface area contributed by atoms with Gasteiger partial charge >= 0.3 is 0 Å². The van der Waals surface area contributed by atoms with Gasteiger partial charge in [-0.1, -0.05) is 0 Å². The van der Waals surface area contributed by atoms with Gasteiger partial charge in [0.15, 0.2) is 0 Å². The van der Waals surface area contributed by atoms with Gasteiger partial charge in [0.2, 0.25) is 21.9 Å². The third-order valence-corrected chi connectivity index (χ3v) is 8.91. The Bertz CT molecular complexity index is 1340. The lowest BCUT2D eigenvalue weighted by Gasteiger charge is -2.31. The monoisotopic (exact) mass is 525 g/mol. The van der Waals surface area contributed by atoms with Crippen LogP contribution in [0.15, 0.2) is 36.8 Å². The van der Waals surface area contributed by atoms with Crippen molar-refractivity contribution in [3.8, 4) is 5.88 Å². The minimum absolute atomic E-state index is 0.00260. The van der Waals surface area contributed by atoms with E-state index in [-0.39, 0.29) is 17.4 Å². The fourth-order valence-electron chi connectivity index (χ4n) is 4.85. The van der Waals surface area contributed by atoms with Crippen LogP contribution in [0.4, 0.5) is 17.5 Å². The molecule has 2 N–H and O–H groups in total. The van der Waals surface area contributed by atoms with E-state index in [1.54, 1.807) is 30.7 Å². The number of aromatic nitrogens is 4. The van der Waals surface area contributed by atoms with Crippen molar-refractivity contribution >= 4 is 38.4 Å². The molecule has 0 spiro atoms. The molecule has 1 saturated heterocycles. The second-order valence-corrected chi connectivity index (χ2v) is 11.8. The molecule has 0 aromatic carbocycles. The van der Waals surface area contributed by atoms with Gasteiger partial charge in [-0.2, -0.15) is 4.98 Å². The van der Waals surface area contributed by atoms with Crippen LogP contribution in [0.2, 0.25) is 0 Å². The topological polar surface area (TPSA) is 131 Å². The van der Waals surface area contributed by atoms with Crippen LogP contribution in [0.25, 0.3) is 10.9 Å². The van der Waals surface area contributed by atoms with E-state index in [1.165, 1.54) is 0 Å². The Morgan fingerprint density at radius 2 is 1.73 bits per heavy atom. The van der Waals surface area contributed by atoms with E-state index in [0.29, 0.717) is 49.0 Å². The fourth-order valence-corrected chi connectivity index (χ4v) is 6.21. The smallest absolute Gasteiger partial charge is 0.235 e. The number of sulfonamides is 1. The molecule has 4 heterocycles. The number of ether oxygens (including phenoxy) is 2. The van der Waals surface area contributed by atoms with E-state index in [9.17, 15) is 8.42 Å². The highest BCUT2D eigenvalue weighted by molar-refractivity contribution is 7.93. The Hall–Kier alpha value is -3.25. The fraction of sp³-hybridized carbons (Fsp3) is 0.520. The van der Waals surface area contributed by atoms with Crippen LogP contribution in [0.5, 0.6) is 5.88 Å². The van der Waals surface area contributed by atoms with Gasteiger partial charge in [0.05, 0.1) is 41.3 Å². The zero-order valence-corrected chi connectivity index (χ0v) is 21.4. The molecule has 6 rings (SSSR count). The van der Waals surface area contributed by atoms with E-state index >= 15 is 0 Å². The van der Waals surface area contributed by atoms with Crippen LogP contribution in [-0.2, 0) is 14.8 Å². The maximum Gasteiger partial charge on any atom is 0.235 e. The number of pyridine rings is 2. The molecule has 37 heavy (non-hydrogen) atoms. The van der Waals surface area contributed by atoms with Crippen molar-refractivity contribution in [1.29, 1.82) is 0 Å². The van der Waals surface area contributed by atoms with E-state index in [2.05, 4.69) is 29.9 Å². The first-order valence-corrected chi connectivity index (χ1v) is 14.4. The summed E-state index contributed by atoms with van der Waals surface area (Å²) in [6.45, 7) is 2.78. The second kappa shape index (κ2) is 10.3. The van der Waals surface area contributed by atoms with Gasteiger partial charge in [0.25, 0.3) is 0 Å². The Kier molecular flexibility index (Phi) is 6.68. The van der Waals surface area contributed by atoms with Gasteiger partial charge in [0.1, 0.15) is 11.9 Å². The molecular formula is C25H31N7O4S. The number of nitrogens with zero attached hydrogens (tertiary/aromatic N) is 5. The van der Waals surface area contributed by atoms with Gasteiger partial charge in [-0.15, -0.1) is 0 Å². The molecule has 0 amide bonds. The molecule has 3 aromatic rings. The SMILES string of the molecule is O=S(=O)(Nc1cnc2cc(N3CCOCC3)nc(OC3CCC(Nc4ncccn4)CC3)c2c1)C1CC1. The first kappa shape index (κ1) is 24.1. The summed E-state index contributed by atoms with van der Waals surface area (Å²) in [5.41, 5.74) is 1.15. The molecule has 0 unspecified atom stereocenters. The maximum atomic E-state index is 12.5. The number of hydrogen-bond donors (Lipinski definition) is 2. The van der Waals surface area contributed by atoms with Crippen LogP contribution < -0.4 is 19.7 Å². The van der Waals surface area contributed by atoms with Gasteiger partial charge < -0.3 is 19.7 Å². The average molecular weight is 526 g/mol. The van der Waals surface area contributed by atoms with E-state index < -0.39 is 10.0 Å². The van der Waals surface area contributed by atoms with Crippen molar-refractivity contribution in [2.24, 2.45) is 0 Å². The molecule has 196 valence electrons. The summed E-state index contributed by atoms with van der Waals surface area (Å²) in [5.74, 6) is 1.92. The number of fused-ring (bicyclic) bond motifs is 1. The van der Waals surface area contributed by atoms with Crippen molar-refractivity contribution in [2.45, 2.75) is 55.9 Å². The largest absolute Gasteiger partial charge is 0.474 e. The lowest BCUT2D eigenvalue weighted by Crippen LogP contribution is -2.37. The van der Waals surface area contributed by atoms with E-state index in [4.69, 9.17) is 14.5 Å². The summed E-state index contributed by atoms with van der Waals surface area (Å²) in [5, 5.41) is 3.79. The number of hydrogen-bond acceptors (Lipinski definition) is 10. The summed E-state index contributed by atoms with van der Waals surface area (Å²) >= 11 is 0. The molecule has 12 heteroatoms. The predicted molar refractivity (Wildman–Crippen MR) is 140 cm³/mol. The quantitative estimate of drug-likeness (QED) is 0.452. The Morgan fingerprint density at radius 1 is 0.973 bits per heavy atom. The highest BCUT2D eigenvalue weighted by Crippen LogP contribution is 2.34. The minimum atomic E-state index is -3.40. The van der Waals surface area contributed by atoms with Gasteiger partial charge in [-0.3, -0.25) is 9.71 Å². The van der Waals surface area contributed by atoms with Crippen molar-refractivity contribution < 1.29 is 17.9 Å². The first-order chi connectivity index (χ1) is 18.0. The first-order valence-electron chi connectivity index (χ1n) is 12.9. The van der Waals surface area contributed by atoms with E-state index in [1.807, 2.05) is 6.07 Å². The molecule has 11 nitrogen and oxygen atoms in total. The van der Waals surface area contributed by atoms with Crippen LogP contribution >= 0.6 is 0 Å². The molecule has 0 bridgehead atoms. The minimum Gasteiger partial charge on any atom is -0.474 e. The van der Waals surface area contributed by atoms with Crippen molar-refractivity contribution in [1.82, 2.24) is 19.9 Å². The Morgan fingerprint density at radius 3 is 2.46 bits per heavy atom. The second-order valence-electron chi connectivity index (χ2n) is 9.83. The lowest BCUT2D eigenvalue weighted by atomic mass is 9.93. The lowest BCUT2D eigenvalue weighted by molar-refractivity contribution is 0.122. The molecule has 3 aliphatic rings. The normalized spacial score (nSPS) is 22.5. The summed E-state index contributed by atoms with van der Waals surface area (Å²) in [7, 11) is -3.40. The molecular weight excluding hydrogens is 494 g/mol. The van der Waals surface area contributed by atoms with Crippen LogP contribution in [0, 0.1) is 0 Å². The molecule has 0 atom stereocenters. The third kappa shape index (κ3) is 5.69. The number of anilines is 3. The zero-order chi connectivity index (χ0) is 25.2. The van der Waals surface area contributed by atoms with Gasteiger partial charge in [-0.05, 0) is 50.7 Å². The number of morpholine rings is 1. The van der Waals surface area contributed by atoms with Crippen molar-refractivity contribution in [2.75, 3.05) is 41.2 Å². The molecule has 0 radical (unpaired) electrons. The molecule has 2 saturated carbocycles. The van der Waals surface area contributed by atoms with Gasteiger partial charge in [-0.25, -0.2) is 18.4 Å². The Labute approximate surface area is 216 Å². The van der Waals surface area contributed by atoms with Crippen molar-refractivity contribution in [3.05, 3.63) is 36.8 Å². The standard InChI is InChI=1S/C25H31N7O4S/c33-37(34,20-6-7-20)31-18-14-21-22(28-16-18)15-23(32-10-12-35-13-11-32)30-24(21)36-19-4-2-17(3-5-19)29-25-26-8-1-9-27-25/h1,8-9,14-17,19-20,31H,2-7,10-13H2,(H,26,27,29). The highest BCUT2D eigenvalue weighted by atomic mass is 32.2. The van der Waals surface area contributed by atoms with Gasteiger partial charge in [0, 0.05) is 37.6 Å². The van der Waals surface area contributed by atoms with Crippen molar-refractivity contribution in [3.63, 3.8) is 0 Å². The molecule has 3 fully saturated rings. The molecule has 2 aliphatic carbocycles. The van der Waals surface area contributed by atoms with Crippen LogP contribution in [-0.4, -0.2) is 72.1 Å². The third-order valence-electron chi connectivity index (χ3n) is 7.04. The summed E-state index contributed by atoms with van der Waals surface area (Å²) in [6, 6.07) is 5.81. The molecule has 3 aromatic heterocycles. The number of rotatable bonds is 8. The summed E-state index contributed by atoms with van der Waals surface area (Å²) in [4.78, 5) is 20.2. The van der Waals surface area contributed by atoms with E-state index in [0.717, 1.165) is 50.1 Å². The average Bonchev–Trinajstić information content (AvgIpc) is 3.78. The highest BCUT2D eigenvalue weighted by Gasteiger charge is 2.36. The van der Waals surface area contributed by atoms with Crippen LogP contribution in [0.3, 0.4) is 0 Å². The van der Waals surface area contributed by atoms with Crippen LogP contribution in [0.1, 0.15) is 38.5 Å². The number of nitrogens with one attached hydrogen (secondary N) is 2. The molecule has 1 aliphatic heterocycles.